The first-order valence-electron chi connectivity index (χ1n) is 7.39. The van der Waals surface area contributed by atoms with Crippen LogP contribution in [0.15, 0.2) is 17.0 Å². The Labute approximate surface area is 127 Å². The van der Waals surface area contributed by atoms with Gasteiger partial charge in [0.05, 0.1) is 17.6 Å². The average Bonchev–Trinajstić information content (AvgIpc) is 2.44. The zero-order valence-electron chi connectivity index (χ0n) is 12.9. The van der Waals surface area contributed by atoms with Gasteiger partial charge in [-0.2, -0.15) is 0 Å². The highest BCUT2D eigenvalue weighted by molar-refractivity contribution is 7.89. The Kier molecular flexibility index (Phi) is 5.24. The van der Waals surface area contributed by atoms with Gasteiger partial charge in [0.2, 0.25) is 10.0 Å². The summed E-state index contributed by atoms with van der Waals surface area (Å²) in [6.07, 6.45) is 1.85. The zero-order valence-corrected chi connectivity index (χ0v) is 13.7. The van der Waals surface area contributed by atoms with Crippen LogP contribution in [-0.2, 0) is 21.2 Å². The fourth-order valence-corrected chi connectivity index (χ4v) is 3.80. The van der Waals surface area contributed by atoms with Crippen molar-refractivity contribution in [3.05, 3.63) is 23.3 Å². The van der Waals surface area contributed by atoms with Crippen LogP contribution in [0.25, 0.3) is 0 Å². The molecule has 6 heteroatoms. The zero-order chi connectivity index (χ0) is 15.5. The molecule has 0 bridgehead atoms. The van der Waals surface area contributed by atoms with Gasteiger partial charge in [0, 0.05) is 18.8 Å². The largest absolute Gasteiger partial charge is 0.385 e. The number of hydrogen-bond acceptors (Lipinski definition) is 4. The predicted molar refractivity (Wildman–Crippen MR) is 84.3 cm³/mol. The molecule has 1 aromatic rings. The van der Waals surface area contributed by atoms with Crippen LogP contribution >= 0.6 is 0 Å². The summed E-state index contributed by atoms with van der Waals surface area (Å²) in [4.78, 5) is 0.389. The lowest BCUT2D eigenvalue weighted by molar-refractivity contribution is 0.0834. The summed E-state index contributed by atoms with van der Waals surface area (Å²) in [5.74, 6) is 0. The van der Waals surface area contributed by atoms with Gasteiger partial charge in [-0.3, -0.25) is 0 Å². The van der Waals surface area contributed by atoms with E-state index in [1.54, 1.807) is 6.07 Å². The van der Waals surface area contributed by atoms with Crippen molar-refractivity contribution < 1.29 is 13.2 Å². The standard InChI is InChI=1S/C15H24N2O3S/c1-11(2)20-10-9-17-21(18,19)14-7-6-12(3)15-13(14)5-4-8-16-15/h6-7,11,16-17H,4-5,8-10H2,1-3H3. The summed E-state index contributed by atoms with van der Waals surface area (Å²) < 4.78 is 32.9. The summed E-state index contributed by atoms with van der Waals surface area (Å²) in [5.41, 5.74) is 2.97. The maximum absolute atomic E-state index is 12.5. The van der Waals surface area contributed by atoms with Crippen LogP contribution in [0.5, 0.6) is 0 Å². The second kappa shape index (κ2) is 6.77. The number of anilines is 1. The van der Waals surface area contributed by atoms with Crippen molar-refractivity contribution >= 4 is 15.7 Å². The Hall–Kier alpha value is -1.11. The van der Waals surface area contributed by atoms with Crippen molar-refractivity contribution in [3.8, 4) is 0 Å². The molecular weight excluding hydrogens is 288 g/mol. The van der Waals surface area contributed by atoms with Crippen LogP contribution in [-0.4, -0.2) is 34.2 Å². The maximum atomic E-state index is 12.5. The topological polar surface area (TPSA) is 67.4 Å². The van der Waals surface area contributed by atoms with E-state index in [1.807, 2.05) is 26.8 Å². The first-order chi connectivity index (χ1) is 9.92. The number of nitrogens with one attached hydrogen (secondary N) is 2. The van der Waals surface area contributed by atoms with Crippen molar-refractivity contribution in [1.82, 2.24) is 4.72 Å². The molecule has 0 atom stereocenters. The lowest BCUT2D eigenvalue weighted by Gasteiger charge is -2.23. The smallest absolute Gasteiger partial charge is 0.240 e. The maximum Gasteiger partial charge on any atom is 0.240 e. The van der Waals surface area contributed by atoms with Crippen molar-refractivity contribution in [2.75, 3.05) is 25.0 Å². The number of hydrogen-bond donors (Lipinski definition) is 2. The van der Waals surface area contributed by atoms with E-state index in [4.69, 9.17) is 4.74 Å². The molecule has 2 N–H and O–H groups in total. The van der Waals surface area contributed by atoms with Crippen LogP contribution in [0.3, 0.4) is 0 Å². The fourth-order valence-electron chi connectivity index (χ4n) is 2.52. The predicted octanol–water partition coefficient (Wildman–Crippen LogP) is 2.06. The Morgan fingerprint density at radius 2 is 2.14 bits per heavy atom. The van der Waals surface area contributed by atoms with Crippen LogP contribution in [0, 0.1) is 6.92 Å². The molecular formula is C15H24N2O3S. The van der Waals surface area contributed by atoms with Crippen LogP contribution in [0.2, 0.25) is 0 Å². The van der Waals surface area contributed by atoms with Gasteiger partial charge in [-0.1, -0.05) is 6.07 Å². The average molecular weight is 312 g/mol. The minimum absolute atomic E-state index is 0.103. The number of ether oxygens (including phenoxy) is 1. The van der Waals surface area contributed by atoms with Gasteiger partial charge in [0.15, 0.2) is 0 Å². The third-order valence-corrected chi connectivity index (χ3v) is 5.06. The van der Waals surface area contributed by atoms with Gasteiger partial charge in [-0.15, -0.1) is 0 Å². The first-order valence-corrected chi connectivity index (χ1v) is 8.88. The molecule has 0 saturated carbocycles. The molecule has 1 aromatic carbocycles. The number of rotatable bonds is 6. The van der Waals surface area contributed by atoms with Gasteiger partial charge in [-0.25, -0.2) is 13.1 Å². The van der Waals surface area contributed by atoms with E-state index in [1.165, 1.54) is 0 Å². The highest BCUT2D eigenvalue weighted by Gasteiger charge is 2.23. The van der Waals surface area contributed by atoms with Crippen molar-refractivity contribution in [2.45, 2.75) is 44.6 Å². The van der Waals surface area contributed by atoms with E-state index in [9.17, 15) is 8.42 Å². The summed E-state index contributed by atoms with van der Waals surface area (Å²) >= 11 is 0. The van der Waals surface area contributed by atoms with Gasteiger partial charge in [0.1, 0.15) is 0 Å². The molecule has 21 heavy (non-hydrogen) atoms. The molecule has 2 rings (SSSR count). The minimum Gasteiger partial charge on any atom is -0.385 e. The van der Waals surface area contributed by atoms with Crippen LogP contribution < -0.4 is 10.0 Å². The SMILES string of the molecule is Cc1ccc(S(=O)(=O)NCCOC(C)C)c2c1NCCC2. The van der Waals surface area contributed by atoms with E-state index in [0.29, 0.717) is 11.5 Å². The van der Waals surface area contributed by atoms with Crippen LogP contribution in [0.4, 0.5) is 5.69 Å². The van der Waals surface area contributed by atoms with E-state index in [-0.39, 0.29) is 12.6 Å². The Bertz CT molecular complexity index is 597. The summed E-state index contributed by atoms with van der Waals surface area (Å²) in [6, 6.07) is 3.56. The van der Waals surface area contributed by atoms with Gasteiger partial charge in [0.25, 0.3) is 0 Å². The molecule has 0 aromatic heterocycles. The molecule has 1 aliphatic heterocycles. The Balaban J connectivity index is 2.17. The second-order valence-electron chi connectivity index (χ2n) is 5.58. The summed E-state index contributed by atoms with van der Waals surface area (Å²) in [7, 11) is -3.49. The van der Waals surface area contributed by atoms with Gasteiger partial charge < -0.3 is 10.1 Å². The monoisotopic (exact) mass is 312 g/mol. The Morgan fingerprint density at radius 1 is 1.38 bits per heavy atom. The molecule has 1 aliphatic rings. The lowest BCUT2D eigenvalue weighted by Crippen LogP contribution is -2.30. The molecule has 0 saturated heterocycles. The molecule has 0 radical (unpaired) electrons. The third-order valence-electron chi connectivity index (χ3n) is 3.52. The fraction of sp³-hybridized carbons (Fsp3) is 0.600. The highest BCUT2D eigenvalue weighted by Crippen LogP contribution is 2.31. The second-order valence-corrected chi connectivity index (χ2v) is 7.32. The van der Waals surface area contributed by atoms with Gasteiger partial charge >= 0.3 is 0 Å². The van der Waals surface area contributed by atoms with E-state index >= 15 is 0 Å². The van der Waals surface area contributed by atoms with E-state index in [0.717, 1.165) is 36.2 Å². The highest BCUT2D eigenvalue weighted by atomic mass is 32.2. The normalized spacial score (nSPS) is 14.9. The molecule has 0 aliphatic carbocycles. The molecule has 0 unspecified atom stereocenters. The molecule has 0 fully saturated rings. The van der Waals surface area contributed by atoms with Crippen molar-refractivity contribution in [2.24, 2.45) is 0 Å². The van der Waals surface area contributed by atoms with E-state index in [2.05, 4.69) is 10.0 Å². The van der Waals surface area contributed by atoms with Crippen molar-refractivity contribution in [1.29, 1.82) is 0 Å². The Morgan fingerprint density at radius 3 is 2.86 bits per heavy atom. The number of fused-ring (bicyclic) bond motifs is 1. The lowest BCUT2D eigenvalue weighted by atomic mass is 10.00. The molecule has 1 heterocycles. The molecule has 0 spiro atoms. The first kappa shape index (κ1) is 16.3. The molecule has 5 nitrogen and oxygen atoms in total. The third kappa shape index (κ3) is 3.96. The summed E-state index contributed by atoms with van der Waals surface area (Å²) in [6.45, 7) is 7.41. The molecule has 118 valence electrons. The number of aryl methyl sites for hydroxylation is 1. The number of sulfonamides is 1. The van der Waals surface area contributed by atoms with Crippen LogP contribution in [0.1, 0.15) is 31.4 Å². The van der Waals surface area contributed by atoms with Gasteiger partial charge in [-0.05, 0) is 50.8 Å². The summed E-state index contributed by atoms with van der Waals surface area (Å²) in [5, 5.41) is 3.31. The van der Waals surface area contributed by atoms with Crippen molar-refractivity contribution in [3.63, 3.8) is 0 Å². The minimum atomic E-state index is -3.49. The van der Waals surface area contributed by atoms with E-state index < -0.39 is 10.0 Å². The molecule has 0 amide bonds. The quantitative estimate of drug-likeness (QED) is 0.789. The number of benzene rings is 1.